The third-order valence-corrected chi connectivity index (χ3v) is 3.37. The van der Waals surface area contributed by atoms with Gasteiger partial charge < -0.3 is 10.2 Å². The molecule has 0 aromatic heterocycles. The minimum Gasteiger partial charge on any atom is -0.336 e. The zero-order valence-corrected chi connectivity index (χ0v) is 10.8. The van der Waals surface area contributed by atoms with Gasteiger partial charge in [-0.15, -0.1) is 0 Å². The Morgan fingerprint density at radius 3 is 2.82 bits per heavy atom. The number of amides is 1. The number of nitrogens with zero attached hydrogens (tertiary/aromatic N) is 1. The number of hydrogen-bond donors (Lipinski definition) is 1. The number of hydrogen-bond acceptors (Lipinski definition) is 2. The van der Waals surface area contributed by atoms with E-state index in [1.807, 2.05) is 11.0 Å². The lowest BCUT2D eigenvalue weighted by molar-refractivity contribution is -0.132. The van der Waals surface area contributed by atoms with E-state index in [9.17, 15) is 4.79 Å². The maximum Gasteiger partial charge on any atom is 0.236 e. The van der Waals surface area contributed by atoms with Crippen molar-refractivity contribution in [2.45, 2.75) is 25.8 Å². The lowest BCUT2D eigenvalue weighted by atomic mass is 9.78. The predicted molar refractivity (Wildman–Crippen MR) is 68.8 cm³/mol. The second-order valence-electron chi connectivity index (χ2n) is 5.32. The summed E-state index contributed by atoms with van der Waals surface area (Å²) in [4.78, 5) is 13.9. The molecule has 1 heterocycles. The molecule has 1 aromatic rings. The summed E-state index contributed by atoms with van der Waals surface area (Å²) in [5.41, 5.74) is 2.68. The van der Waals surface area contributed by atoms with Gasteiger partial charge in [0, 0.05) is 18.5 Å². The van der Waals surface area contributed by atoms with Crippen molar-refractivity contribution in [1.82, 2.24) is 10.2 Å². The molecule has 0 spiro atoms. The lowest BCUT2D eigenvalue weighted by Gasteiger charge is -2.40. The number of likely N-dealkylation sites (N-methyl/N-ethyl adjacent to an activating group) is 1. The highest BCUT2D eigenvalue weighted by Crippen LogP contribution is 2.32. The molecule has 1 aliphatic rings. The van der Waals surface area contributed by atoms with Crippen LogP contribution in [0.2, 0.25) is 0 Å². The van der Waals surface area contributed by atoms with Gasteiger partial charge in [-0.1, -0.05) is 38.1 Å². The first kappa shape index (κ1) is 12.1. The lowest BCUT2D eigenvalue weighted by Crippen LogP contribution is -2.47. The van der Waals surface area contributed by atoms with E-state index in [2.05, 4.69) is 37.4 Å². The van der Waals surface area contributed by atoms with E-state index in [-0.39, 0.29) is 11.3 Å². The van der Waals surface area contributed by atoms with Crippen LogP contribution in [-0.4, -0.2) is 30.9 Å². The van der Waals surface area contributed by atoms with Gasteiger partial charge in [-0.25, -0.2) is 0 Å². The Bertz CT molecular complexity index is 426. The van der Waals surface area contributed by atoms with Crippen LogP contribution in [0, 0.1) is 0 Å². The molecule has 1 aliphatic heterocycles. The van der Waals surface area contributed by atoms with Crippen LogP contribution in [0.5, 0.6) is 0 Å². The highest BCUT2D eigenvalue weighted by molar-refractivity contribution is 5.78. The minimum absolute atomic E-state index is 0.0399. The van der Waals surface area contributed by atoms with Gasteiger partial charge in [0.25, 0.3) is 0 Å². The molecular weight excluding hydrogens is 212 g/mol. The molecule has 0 aliphatic carbocycles. The molecule has 1 N–H and O–H groups in total. The topological polar surface area (TPSA) is 32.3 Å². The molecule has 0 fully saturated rings. The first-order valence-electron chi connectivity index (χ1n) is 6.05. The molecule has 0 bridgehead atoms. The fraction of sp³-hybridized carbons (Fsp3) is 0.500. The van der Waals surface area contributed by atoms with Gasteiger partial charge in [0.1, 0.15) is 0 Å². The fourth-order valence-electron chi connectivity index (χ4n) is 2.58. The van der Waals surface area contributed by atoms with Crippen LogP contribution in [-0.2, 0) is 16.8 Å². The Morgan fingerprint density at radius 2 is 2.12 bits per heavy atom. The number of rotatable bonds is 2. The third-order valence-electron chi connectivity index (χ3n) is 3.37. The Kier molecular flexibility index (Phi) is 3.20. The zero-order valence-electron chi connectivity index (χ0n) is 10.8. The summed E-state index contributed by atoms with van der Waals surface area (Å²) in [6.45, 7) is 6.35. The molecule has 0 radical (unpaired) electrons. The predicted octanol–water partition coefficient (Wildman–Crippen LogP) is 1.53. The van der Waals surface area contributed by atoms with Crippen LogP contribution in [0.4, 0.5) is 0 Å². The SMILES string of the molecule is CNCC(=O)N1Cc2ccccc2C(C)(C)C1. The molecule has 1 amide bonds. The summed E-state index contributed by atoms with van der Waals surface area (Å²) >= 11 is 0. The van der Waals surface area contributed by atoms with E-state index in [1.54, 1.807) is 7.05 Å². The average molecular weight is 232 g/mol. The summed E-state index contributed by atoms with van der Waals surface area (Å²) in [7, 11) is 1.81. The van der Waals surface area contributed by atoms with E-state index in [0.717, 1.165) is 13.1 Å². The maximum atomic E-state index is 12.0. The van der Waals surface area contributed by atoms with Crippen LogP contribution in [0.1, 0.15) is 25.0 Å². The van der Waals surface area contributed by atoms with Crippen LogP contribution < -0.4 is 5.32 Å². The largest absolute Gasteiger partial charge is 0.336 e. The Morgan fingerprint density at radius 1 is 1.41 bits per heavy atom. The van der Waals surface area contributed by atoms with Gasteiger partial charge in [-0.3, -0.25) is 4.79 Å². The van der Waals surface area contributed by atoms with Gasteiger partial charge in [-0.2, -0.15) is 0 Å². The second kappa shape index (κ2) is 4.49. The van der Waals surface area contributed by atoms with Crippen molar-refractivity contribution >= 4 is 5.91 Å². The van der Waals surface area contributed by atoms with Gasteiger partial charge in [0.2, 0.25) is 5.91 Å². The van der Waals surface area contributed by atoms with Gasteiger partial charge in [0.15, 0.2) is 0 Å². The Balaban J connectivity index is 2.28. The monoisotopic (exact) mass is 232 g/mol. The van der Waals surface area contributed by atoms with Gasteiger partial charge >= 0.3 is 0 Å². The molecule has 0 unspecified atom stereocenters. The smallest absolute Gasteiger partial charge is 0.236 e. The fourth-order valence-corrected chi connectivity index (χ4v) is 2.58. The average Bonchev–Trinajstić information content (AvgIpc) is 2.28. The van der Waals surface area contributed by atoms with E-state index < -0.39 is 0 Å². The molecule has 0 atom stereocenters. The first-order chi connectivity index (χ1) is 8.04. The number of carbonyl (C=O) groups is 1. The number of fused-ring (bicyclic) bond motifs is 1. The van der Waals surface area contributed by atoms with Gasteiger partial charge in [0.05, 0.1) is 6.54 Å². The molecule has 3 nitrogen and oxygen atoms in total. The van der Waals surface area contributed by atoms with Crippen LogP contribution >= 0.6 is 0 Å². The minimum atomic E-state index is 0.0399. The molecular formula is C14H20N2O. The van der Waals surface area contributed by atoms with E-state index in [0.29, 0.717) is 6.54 Å². The normalized spacial score (nSPS) is 17.7. The van der Waals surface area contributed by atoms with Crippen molar-refractivity contribution in [3.63, 3.8) is 0 Å². The van der Waals surface area contributed by atoms with Crippen LogP contribution in [0.15, 0.2) is 24.3 Å². The third kappa shape index (κ3) is 2.34. The number of benzene rings is 1. The van der Waals surface area contributed by atoms with Crippen molar-refractivity contribution in [3.8, 4) is 0 Å². The van der Waals surface area contributed by atoms with Crippen molar-refractivity contribution in [1.29, 1.82) is 0 Å². The number of carbonyl (C=O) groups excluding carboxylic acids is 1. The molecule has 3 heteroatoms. The molecule has 1 aromatic carbocycles. The van der Waals surface area contributed by atoms with E-state index in [1.165, 1.54) is 11.1 Å². The summed E-state index contributed by atoms with van der Waals surface area (Å²) in [6.07, 6.45) is 0. The summed E-state index contributed by atoms with van der Waals surface area (Å²) in [5.74, 6) is 0.176. The van der Waals surface area contributed by atoms with Crippen molar-refractivity contribution in [2.24, 2.45) is 0 Å². The molecule has 0 saturated heterocycles. The highest BCUT2D eigenvalue weighted by Gasteiger charge is 2.32. The quantitative estimate of drug-likeness (QED) is 0.838. The van der Waals surface area contributed by atoms with Crippen molar-refractivity contribution in [3.05, 3.63) is 35.4 Å². The molecule has 17 heavy (non-hydrogen) atoms. The van der Waals surface area contributed by atoms with Crippen LogP contribution in [0.25, 0.3) is 0 Å². The molecule has 0 saturated carbocycles. The second-order valence-corrected chi connectivity index (χ2v) is 5.32. The molecule has 92 valence electrons. The zero-order chi connectivity index (χ0) is 12.5. The van der Waals surface area contributed by atoms with Gasteiger partial charge in [-0.05, 0) is 18.2 Å². The summed E-state index contributed by atoms with van der Waals surface area (Å²) in [5, 5.41) is 2.92. The highest BCUT2D eigenvalue weighted by atomic mass is 16.2. The van der Waals surface area contributed by atoms with Crippen LogP contribution in [0.3, 0.4) is 0 Å². The standard InChI is InChI=1S/C14H20N2O/c1-14(2)10-16(13(17)8-15-3)9-11-6-4-5-7-12(11)14/h4-7,15H,8-10H2,1-3H3. The molecule has 2 rings (SSSR count). The van der Waals surface area contributed by atoms with Crippen molar-refractivity contribution in [2.75, 3.05) is 20.1 Å². The van der Waals surface area contributed by atoms with E-state index >= 15 is 0 Å². The van der Waals surface area contributed by atoms with Crippen molar-refractivity contribution < 1.29 is 4.79 Å². The maximum absolute atomic E-state index is 12.0. The summed E-state index contributed by atoms with van der Waals surface area (Å²) < 4.78 is 0. The summed E-state index contributed by atoms with van der Waals surface area (Å²) in [6, 6.07) is 8.41. The van der Waals surface area contributed by atoms with E-state index in [4.69, 9.17) is 0 Å². The Labute approximate surface area is 103 Å². The number of nitrogens with one attached hydrogen (secondary N) is 1. The first-order valence-corrected chi connectivity index (χ1v) is 6.05. The Hall–Kier alpha value is -1.35.